The maximum atomic E-state index is 11.5. The zero-order valence-corrected chi connectivity index (χ0v) is 7.66. The van der Waals surface area contributed by atoms with Gasteiger partial charge in [0.25, 0.3) is 5.56 Å². The average molecular weight is 166 g/mol. The molecule has 0 aliphatic carbocycles. The Hall–Kier alpha value is -1.25. The van der Waals surface area contributed by atoms with E-state index in [2.05, 4.69) is 5.32 Å². The van der Waals surface area contributed by atoms with Crippen molar-refractivity contribution in [1.29, 1.82) is 0 Å². The van der Waals surface area contributed by atoms with Gasteiger partial charge >= 0.3 is 0 Å². The molecule has 0 aliphatic heterocycles. The van der Waals surface area contributed by atoms with E-state index in [1.165, 1.54) is 0 Å². The van der Waals surface area contributed by atoms with E-state index in [1.807, 2.05) is 19.9 Å². The van der Waals surface area contributed by atoms with Crippen LogP contribution in [0.5, 0.6) is 0 Å². The van der Waals surface area contributed by atoms with E-state index in [-0.39, 0.29) is 11.6 Å². The fourth-order valence-electron chi connectivity index (χ4n) is 1.11. The average Bonchev–Trinajstić information content (AvgIpc) is 2.04. The van der Waals surface area contributed by atoms with Crippen molar-refractivity contribution in [2.45, 2.75) is 19.9 Å². The van der Waals surface area contributed by atoms with E-state index in [4.69, 9.17) is 0 Å². The lowest BCUT2D eigenvalue weighted by Gasteiger charge is -2.10. The van der Waals surface area contributed by atoms with Crippen LogP contribution < -0.4 is 10.9 Å². The maximum absolute atomic E-state index is 11.5. The van der Waals surface area contributed by atoms with E-state index in [0.29, 0.717) is 5.69 Å². The molecule has 1 N–H and O–H groups in total. The number of nitrogens with zero attached hydrogens (tertiary/aromatic N) is 1. The van der Waals surface area contributed by atoms with Gasteiger partial charge < -0.3 is 9.88 Å². The van der Waals surface area contributed by atoms with Gasteiger partial charge in [0.1, 0.15) is 5.69 Å². The summed E-state index contributed by atoms with van der Waals surface area (Å²) in [5, 5.41) is 2.86. The summed E-state index contributed by atoms with van der Waals surface area (Å²) in [4.78, 5) is 11.5. The minimum absolute atomic E-state index is 0.0370. The third-order valence-electron chi connectivity index (χ3n) is 1.80. The largest absolute Gasteiger partial charge is 0.384 e. The van der Waals surface area contributed by atoms with Gasteiger partial charge in [-0.2, -0.15) is 0 Å². The highest BCUT2D eigenvalue weighted by atomic mass is 16.1. The van der Waals surface area contributed by atoms with Crippen LogP contribution in [0.25, 0.3) is 0 Å². The standard InChI is InChI=1S/C9H14N2O/c1-7(2)11-6-4-5-8(10-3)9(11)12/h4-7,10H,1-3H3. The summed E-state index contributed by atoms with van der Waals surface area (Å²) in [6.07, 6.45) is 1.80. The predicted octanol–water partition coefficient (Wildman–Crippen LogP) is 1.47. The van der Waals surface area contributed by atoms with Crippen molar-refractivity contribution in [3.05, 3.63) is 28.7 Å². The number of anilines is 1. The lowest BCUT2D eigenvalue weighted by atomic mass is 10.3. The van der Waals surface area contributed by atoms with Gasteiger partial charge in [-0.1, -0.05) is 0 Å². The minimum Gasteiger partial charge on any atom is -0.384 e. The number of hydrogen-bond donors (Lipinski definition) is 1. The Morgan fingerprint density at radius 1 is 1.50 bits per heavy atom. The summed E-state index contributed by atoms with van der Waals surface area (Å²) in [6, 6.07) is 3.86. The summed E-state index contributed by atoms with van der Waals surface area (Å²) in [7, 11) is 1.75. The molecule has 0 atom stereocenters. The molecule has 0 saturated heterocycles. The smallest absolute Gasteiger partial charge is 0.274 e. The van der Waals surface area contributed by atoms with Gasteiger partial charge in [-0.05, 0) is 26.0 Å². The molecule has 0 aliphatic rings. The van der Waals surface area contributed by atoms with Crippen LogP contribution in [0.2, 0.25) is 0 Å². The molecule has 0 spiro atoms. The number of pyridine rings is 1. The SMILES string of the molecule is CNc1cccn(C(C)C)c1=O. The monoisotopic (exact) mass is 166 g/mol. The second-order valence-corrected chi connectivity index (χ2v) is 2.98. The van der Waals surface area contributed by atoms with Crippen LogP contribution in [0, 0.1) is 0 Å². The van der Waals surface area contributed by atoms with E-state index < -0.39 is 0 Å². The molecule has 0 bridgehead atoms. The number of hydrogen-bond acceptors (Lipinski definition) is 2. The second-order valence-electron chi connectivity index (χ2n) is 2.98. The molecule has 3 nitrogen and oxygen atoms in total. The van der Waals surface area contributed by atoms with Crippen molar-refractivity contribution in [3.63, 3.8) is 0 Å². The molecule has 1 rings (SSSR count). The topological polar surface area (TPSA) is 34.0 Å². The predicted molar refractivity (Wildman–Crippen MR) is 50.6 cm³/mol. The van der Waals surface area contributed by atoms with Crippen LogP contribution in [-0.2, 0) is 0 Å². The van der Waals surface area contributed by atoms with Crippen molar-refractivity contribution in [2.24, 2.45) is 0 Å². The van der Waals surface area contributed by atoms with Crippen LogP contribution in [0.3, 0.4) is 0 Å². The van der Waals surface area contributed by atoms with Crippen molar-refractivity contribution in [3.8, 4) is 0 Å². The Kier molecular flexibility index (Phi) is 2.53. The zero-order valence-electron chi connectivity index (χ0n) is 7.66. The minimum atomic E-state index is 0.0370. The molecule has 0 fully saturated rings. The molecule has 0 saturated carbocycles. The normalized spacial score (nSPS) is 10.3. The van der Waals surface area contributed by atoms with Crippen LogP contribution in [0.4, 0.5) is 5.69 Å². The zero-order chi connectivity index (χ0) is 9.14. The molecule has 1 aromatic rings. The summed E-state index contributed by atoms with van der Waals surface area (Å²) in [5.41, 5.74) is 0.682. The second kappa shape index (κ2) is 3.43. The maximum Gasteiger partial charge on any atom is 0.274 e. The van der Waals surface area contributed by atoms with Crippen molar-refractivity contribution in [2.75, 3.05) is 12.4 Å². The first-order chi connectivity index (χ1) is 5.66. The molecule has 12 heavy (non-hydrogen) atoms. The van der Waals surface area contributed by atoms with Crippen LogP contribution >= 0.6 is 0 Å². The van der Waals surface area contributed by atoms with Gasteiger partial charge in [-0.15, -0.1) is 0 Å². The van der Waals surface area contributed by atoms with Gasteiger partial charge in [0.2, 0.25) is 0 Å². The van der Waals surface area contributed by atoms with Crippen molar-refractivity contribution in [1.82, 2.24) is 4.57 Å². The molecule has 66 valence electrons. The fraction of sp³-hybridized carbons (Fsp3) is 0.444. The summed E-state index contributed by atoms with van der Waals surface area (Å²) < 4.78 is 1.70. The Morgan fingerprint density at radius 3 is 2.67 bits per heavy atom. The van der Waals surface area contributed by atoms with E-state index in [0.717, 1.165) is 0 Å². The first-order valence-electron chi connectivity index (χ1n) is 4.05. The Labute approximate surface area is 72.0 Å². The van der Waals surface area contributed by atoms with Gasteiger partial charge in [-0.3, -0.25) is 4.79 Å². The van der Waals surface area contributed by atoms with E-state index >= 15 is 0 Å². The summed E-state index contributed by atoms with van der Waals surface area (Å²) >= 11 is 0. The molecule has 0 unspecified atom stereocenters. The summed E-state index contributed by atoms with van der Waals surface area (Å²) in [6.45, 7) is 3.97. The van der Waals surface area contributed by atoms with Crippen LogP contribution in [-0.4, -0.2) is 11.6 Å². The van der Waals surface area contributed by atoms with E-state index in [9.17, 15) is 4.79 Å². The highest BCUT2D eigenvalue weighted by Crippen LogP contribution is 2.02. The van der Waals surface area contributed by atoms with Gasteiger partial charge in [0.15, 0.2) is 0 Å². The molecule has 0 aromatic carbocycles. The Bertz CT molecular complexity index is 315. The highest BCUT2D eigenvalue weighted by molar-refractivity contribution is 5.39. The summed E-state index contributed by atoms with van der Waals surface area (Å²) in [5.74, 6) is 0. The number of nitrogens with one attached hydrogen (secondary N) is 1. The molecule has 0 radical (unpaired) electrons. The van der Waals surface area contributed by atoms with Crippen molar-refractivity contribution < 1.29 is 0 Å². The Morgan fingerprint density at radius 2 is 2.17 bits per heavy atom. The molecule has 1 heterocycles. The first kappa shape index (κ1) is 8.84. The molecular weight excluding hydrogens is 152 g/mol. The number of rotatable bonds is 2. The fourth-order valence-corrected chi connectivity index (χ4v) is 1.11. The third-order valence-corrected chi connectivity index (χ3v) is 1.80. The number of aromatic nitrogens is 1. The first-order valence-corrected chi connectivity index (χ1v) is 4.05. The quantitative estimate of drug-likeness (QED) is 0.722. The lowest BCUT2D eigenvalue weighted by molar-refractivity contribution is 0.579. The Balaban J connectivity index is 3.24. The lowest BCUT2D eigenvalue weighted by Crippen LogP contribution is -2.23. The van der Waals surface area contributed by atoms with Gasteiger partial charge in [0.05, 0.1) is 0 Å². The van der Waals surface area contributed by atoms with Crippen LogP contribution in [0.1, 0.15) is 19.9 Å². The van der Waals surface area contributed by atoms with Gasteiger partial charge in [0, 0.05) is 19.3 Å². The van der Waals surface area contributed by atoms with E-state index in [1.54, 1.807) is 23.9 Å². The molecule has 0 amide bonds. The van der Waals surface area contributed by atoms with Gasteiger partial charge in [-0.25, -0.2) is 0 Å². The van der Waals surface area contributed by atoms with Crippen LogP contribution in [0.15, 0.2) is 23.1 Å². The molecule has 3 heteroatoms. The molecule has 1 aromatic heterocycles. The molecular formula is C9H14N2O. The van der Waals surface area contributed by atoms with Crippen molar-refractivity contribution >= 4 is 5.69 Å². The highest BCUT2D eigenvalue weighted by Gasteiger charge is 2.02. The third kappa shape index (κ3) is 1.49.